The monoisotopic (exact) mass is 442 g/mol. The number of aliphatic hydroxyl groups excluding tert-OH is 1. The number of carbonyl (C=O) groups is 1. The molecular weight excluding hydrogens is 408 g/mol. The summed E-state index contributed by atoms with van der Waals surface area (Å²) in [5, 5.41) is 10.4. The van der Waals surface area contributed by atoms with Gasteiger partial charge in [-0.05, 0) is 61.3 Å². The minimum absolute atomic E-state index is 0.186. The van der Waals surface area contributed by atoms with Crippen LogP contribution in [0.5, 0.6) is 17.2 Å². The van der Waals surface area contributed by atoms with Crippen LogP contribution >= 0.6 is 0 Å². The maximum Gasteiger partial charge on any atom is 0.222 e. The summed E-state index contributed by atoms with van der Waals surface area (Å²) in [4.78, 5) is 16.8. The van der Waals surface area contributed by atoms with E-state index >= 15 is 0 Å². The number of aliphatic hydroxyl groups is 1. The number of hydrogen-bond acceptors (Lipinski definition) is 6. The SMILES string of the molecule is COc1ccc(CCC(=O)N2CCCN(CC(O)COc3ccc(OC)cc3)CC2)cc1. The number of methoxy groups -OCH3 is 2. The number of nitrogens with zero attached hydrogens (tertiary/aromatic N) is 2. The summed E-state index contributed by atoms with van der Waals surface area (Å²) in [6, 6.07) is 15.2. The summed E-state index contributed by atoms with van der Waals surface area (Å²) in [6.07, 6.45) is 1.55. The number of rotatable bonds is 10. The van der Waals surface area contributed by atoms with Crippen LogP contribution < -0.4 is 14.2 Å². The van der Waals surface area contributed by atoms with Gasteiger partial charge in [0.1, 0.15) is 30.0 Å². The summed E-state index contributed by atoms with van der Waals surface area (Å²) in [5.74, 6) is 2.48. The molecule has 0 bridgehead atoms. The number of carbonyl (C=O) groups excluding carboxylic acids is 1. The lowest BCUT2D eigenvalue weighted by atomic mass is 10.1. The predicted octanol–water partition coefficient (Wildman–Crippen LogP) is 2.61. The maximum atomic E-state index is 12.7. The van der Waals surface area contributed by atoms with Gasteiger partial charge in [-0.2, -0.15) is 0 Å². The van der Waals surface area contributed by atoms with Gasteiger partial charge in [0, 0.05) is 32.6 Å². The van der Waals surface area contributed by atoms with Crippen molar-refractivity contribution in [2.45, 2.75) is 25.4 Å². The third kappa shape index (κ3) is 7.43. The molecule has 0 spiro atoms. The van der Waals surface area contributed by atoms with Gasteiger partial charge in [0.15, 0.2) is 0 Å². The van der Waals surface area contributed by atoms with Crippen LogP contribution in [0.3, 0.4) is 0 Å². The summed E-state index contributed by atoms with van der Waals surface area (Å²) in [5.41, 5.74) is 1.13. The van der Waals surface area contributed by atoms with Crippen LogP contribution in [0.4, 0.5) is 0 Å². The van der Waals surface area contributed by atoms with Gasteiger partial charge >= 0.3 is 0 Å². The van der Waals surface area contributed by atoms with Crippen LogP contribution in [0.15, 0.2) is 48.5 Å². The Morgan fingerprint density at radius 2 is 1.53 bits per heavy atom. The van der Waals surface area contributed by atoms with E-state index in [1.165, 1.54) is 0 Å². The molecule has 3 rings (SSSR count). The third-order valence-electron chi connectivity index (χ3n) is 5.70. The summed E-state index contributed by atoms with van der Waals surface area (Å²) in [6.45, 7) is 3.83. The first-order valence-electron chi connectivity index (χ1n) is 11.2. The van der Waals surface area contributed by atoms with E-state index in [1.807, 2.05) is 53.4 Å². The molecule has 0 aromatic heterocycles. The van der Waals surface area contributed by atoms with E-state index in [4.69, 9.17) is 14.2 Å². The zero-order chi connectivity index (χ0) is 22.8. The Balaban J connectivity index is 1.38. The Hall–Kier alpha value is -2.77. The fourth-order valence-corrected chi connectivity index (χ4v) is 3.82. The van der Waals surface area contributed by atoms with Gasteiger partial charge < -0.3 is 24.2 Å². The Kier molecular flexibility index (Phi) is 9.19. The highest BCUT2D eigenvalue weighted by Gasteiger charge is 2.20. The molecule has 1 aliphatic rings. The van der Waals surface area contributed by atoms with Crippen LogP contribution in [-0.2, 0) is 11.2 Å². The van der Waals surface area contributed by atoms with Crippen molar-refractivity contribution in [3.63, 3.8) is 0 Å². The molecule has 1 aliphatic heterocycles. The average Bonchev–Trinajstić information content (AvgIpc) is 3.07. The van der Waals surface area contributed by atoms with Crippen LogP contribution in [0.25, 0.3) is 0 Å². The predicted molar refractivity (Wildman–Crippen MR) is 123 cm³/mol. The quantitative estimate of drug-likeness (QED) is 0.610. The molecule has 32 heavy (non-hydrogen) atoms. The molecule has 1 atom stereocenters. The van der Waals surface area contributed by atoms with Gasteiger partial charge in [-0.1, -0.05) is 12.1 Å². The zero-order valence-corrected chi connectivity index (χ0v) is 19.0. The van der Waals surface area contributed by atoms with E-state index in [1.54, 1.807) is 14.2 Å². The lowest BCUT2D eigenvalue weighted by molar-refractivity contribution is -0.131. The molecule has 1 amide bonds. The fraction of sp³-hybridized carbons (Fsp3) is 0.480. The van der Waals surface area contributed by atoms with Crippen molar-refractivity contribution in [3.8, 4) is 17.2 Å². The second-order valence-corrected chi connectivity index (χ2v) is 8.02. The fourth-order valence-electron chi connectivity index (χ4n) is 3.82. The van der Waals surface area contributed by atoms with Gasteiger partial charge in [-0.3, -0.25) is 9.69 Å². The summed E-state index contributed by atoms with van der Waals surface area (Å²) >= 11 is 0. The first kappa shape index (κ1) is 23.9. The van der Waals surface area contributed by atoms with Gasteiger partial charge in [-0.15, -0.1) is 0 Å². The summed E-state index contributed by atoms with van der Waals surface area (Å²) in [7, 11) is 3.27. The van der Waals surface area contributed by atoms with Gasteiger partial charge in [0.25, 0.3) is 0 Å². The molecule has 1 heterocycles. The Bertz CT molecular complexity index is 825. The van der Waals surface area contributed by atoms with Crippen LogP contribution in [-0.4, -0.2) is 80.5 Å². The molecule has 7 heteroatoms. The molecule has 0 saturated carbocycles. The molecule has 2 aromatic carbocycles. The van der Waals surface area contributed by atoms with Crippen LogP contribution in [0, 0.1) is 0 Å². The number of amides is 1. The van der Waals surface area contributed by atoms with Crippen molar-refractivity contribution < 1.29 is 24.1 Å². The maximum absolute atomic E-state index is 12.7. The number of hydrogen-bond donors (Lipinski definition) is 1. The number of β-amino-alcohol motifs (C(OH)–C–C–N with tert-alkyl or cyclic N) is 1. The molecule has 174 valence electrons. The van der Waals surface area contributed by atoms with Crippen molar-refractivity contribution in [1.29, 1.82) is 0 Å². The van der Waals surface area contributed by atoms with Gasteiger partial charge in [-0.25, -0.2) is 0 Å². The summed E-state index contributed by atoms with van der Waals surface area (Å²) < 4.78 is 16.0. The minimum atomic E-state index is -0.588. The van der Waals surface area contributed by atoms with Crippen molar-refractivity contribution in [3.05, 3.63) is 54.1 Å². The molecule has 0 radical (unpaired) electrons. The number of ether oxygens (including phenoxy) is 3. The van der Waals surface area contributed by atoms with Crippen molar-refractivity contribution in [2.24, 2.45) is 0 Å². The molecule has 1 unspecified atom stereocenters. The smallest absolute Gasteiger partial charge is 0.222 e. The second kappa shape index (κ2) is 12.3. The normalized spacial score (nSPS) is 15.7. The second-order valence-electron chi connectivity index (χ2n) is 8.02. The number of benzene rings is 2. The molecule has 0 aliphatic carbocycles. The van der Waals surface area contributed by atoms with Gasteiger partial charge in [0.05, 0.1) is 14.2 Å². The lowest BCUT2D eigenvalue weighted by Gasteiger charge is -2.24. The highest BCUT2D eigenvalue weighted by atomic mass is 16.5. The van der Waals surface area contributed by atoms with E-state index in [-0.39, 0.29) is 12.5 Å². The highest BCUT2D eigenvalue weighted by molar-refractivity contribution is 5.76. The van der Waals surface area contributed by atoms with Crippen LogP contribution in [0.2, 0.25) is 0 Å². The first-order valence-corrected chi connectivity index (χ1v) is 11.2. The first-order chi connectivity index (χ1) is 15.6. The largest absolute Gasteiger partial charge is 0.497 e. The van der Waals surface area contributed by atoms with E-state index < -0.39 is 6.10 Å². The van der Waals surface area contributed by atoms with E-state index in [2.05, 4.69) is 4.90 Å². The van der Waals surface area contributed by atoms with Gasteiger partial charge in [0.2, 0.25) is 5.91 Å². The molecule has 1 fully saturated rings. The number of aryl methyl sites for hydroxylation is 1. The minimum Gasteiger partial charge on any atom is -0.497 e. The van der Waals surface area contributed by atoms with Crippen molar-refractivity contribution in [1.82, 2.24) is 9.80 Å². The Labute approximate surface area is 190 Å². The lowest BCUT2D eigenvalue weighted by Crippen LogP contribution is -2.39. The highest BCUT2D eigenvalue weighted by Crippen LogP contribution is 2.17. The Morgan fingerprint density at radius 1 is 0.906 bits per heavy atom. The molecule has 1 N–H and O–H groups in total. The average molecular weight is 443 g/mol. The zero-order valence-electron chi connectivity index (χ0n) is 19.0. The third-order valence-corrected chi connectivity index (χ3v) is 5.70. The van der Waals surface area contributed by atoms with Crippen LogP contribution in [0.1, 0.15) is 18.4 Å². The molecular formula is C25H34N2O5. The van der Waals surface area contributed by atoms with E-state index in [0.29, 0.717) is 25.3 Å². The van der Waals surface area contributed by atoms with E-state index in [9.17, 15) is 9.90 Å². The van der Waals surface area contributed by atoms with Crippen molar-refractivity contribution in [2.75, 3.05) is 53.6 Å². The molecule has 7 nitrogen and oxygen atoms in total. The Morgan fingerprint density at radius 3 is 2.19 bits per heavy atom. The van der Waals surface area contributed by atoms with Crippen molar-refractivity contribution >= 4 is 5.91 Å². The molecule has 2 aromatic rings. The standard InChI is InChI=1S/C25H34N2O5/c1-30-22-7-4-20(5-8-22)6-13-25(29)27-15-3-14-26(16-17-27)18-21(28)19-32-24-11-9-23(31-2)10-12-24/h4-5,7-12,21,28H,3,6,13-19H2,1-2H3. The molecule has 1 saturated heterocycles. The van der Waals surface area contributed by atoms with E-state index in [0.717, 1.165) is 49.5 Å². The topological polar surface area (TPSA) is 71.5 Å².